The Balaban J connectivity index is 1.95. The minimum Gasteiger partial charge on any atom is -0.480 e. The Hall–Kier alpha value is -2.12. The molecule has 0 radical (unpaired) electrons. The van der Waals surface area contributed by atoms with Crippen LogP contribution in [0.3, 0.4) is 0 Å². The minimum atomic E-state index is -0.217. The third-order valence-corrected chi connectivity index (χ3v) is 6.83. The lowest BCUT2D eigenvalue weighted by molar-refractivity contribution is 0.251. The molecule has 1 aliphatic carbocycles. The van der Waals surface area contributed by atoms with E-state index in [1.54, 1.807) is 0 Å². The van der Waals surface area contributed by atoms with E-state index in [0.29, 0.717) is 50.0 Å². The third kappa shape index (κ3) is 5.25. The second-order valence-corrected chi connectivity index (χ2v) is 10.1. The predicted molar refractivity (Wildman–Crippen MR) is 137 cm³/mol. The van der Waals surface area contributed by atoms with Crippen LogP contribution in [0.25, 0.3) is 0 Å². The molecule has 2 heterocycles. The third-order valence-electron chi connectivity index (χ3n) is 6.83. The van der Waals surface area contributed by atoms with E-state index >= 15 is 0 Å². The van der Waals surface area contributed by atoms with Crippen molar-refractivity contribution >= 4 is 23.6 Å². The van der Waals surface area contributed by atoms with Gasteiger partial charge < -0.3 is 18.9 Å². The van der Waals surface area contributed by atoms with Crippen molar-refractivity contribution in [1.82, 2.24) is 0 Å². The molecule has 0 aromatic heterocycles. The van der Waals surface area contributed by atoms with Crippen LogP contribution < -0.4 is 0 Å². The summed E-state index contributed by atoms with van der Waals surface area (Å²) in [5, 5.41) is 0. The average molecular weight is 477 g/mol. The maximum absolute atomic E-state index is 6.05. The molecule has 0 aromatic carbocycles. The van der Waals surface area contributed by atoms with Crippen LogP contribution in [-0.4, -0.2) is 74.2 Å². The number of hydrogen-bond acceptors (Lipinski definition) is 8. The molecular formula is C26H44N4O4. The van der Waals surface area contributed by atoms with Gasteiger partial charge >= 0.3 is 0 Å². The molecule has 0 saturated heterocycles. The number of hydrogen-bond donors (Lipinski definition) is 0. The lowest BCUT2D eigenvalue weighted by atomic mass is 9.90. The molecule has 0 aromatic rings. The maximum atomic E-state index is 6.05. The number of aliphatic imine (C=N–C) groups is 4. The number of nitrogens with zero attached hydrogens (tertiary/aromatic N) is 4. The molecule has 1 saturated carbocycles. The summed E-state index contributed by atoms with van der Waals surface area (Å²) in [6.07, 6.45) is 0.922. The van der Waals surface area contributed by atoms with Crippen molar-refractivity contribution in [2.75, 3.05) is 26.4 Å². The van der Waals surface area contributed by atoms with Gasteiger partial charge in [0.05, 0.1) is 26.4 Å². The molecule has 8 nitrogen and oxygen atoms in total. The fraction of sp³-hybridized carbons (Fsp3) is 0.846. The fourth-order valence-electron chi connectivity index (χ4n) is 4.90. The maximum Gasteiger partial charge on any atom is 0.210 e. The molecule has 3 aliphatic rings. The van der Waals surface area contributed by atoms with Gasteiger partial charge in [0.1, 0.15) is 24.2 Å². The molecular weight excluding hydrogens is 432 g/mol. The lowest BCUT2D eigenvalue weighted by Crippen LogP contribution is -2.44. The second kappa shape index (κ2) is 11.1. The monoisotopic (exact) mass is 476 g/mol. The summed E-state index contributed by atoms with van der Waals surface area (Å²) in [5.41, 5.74) is -0.188. The van der Waals surface area contributed by atoms with Crippen LogP contribution in [0.15, 0.2) is 20.0 Å². The second-order valence-electron chi connectivity index (χ2n) is 10.1. The Morgan fingerprint density at radius 2 is 1.12 bits per heavy atom. The van der Waals surface area contributed by atoms with Crippen LogP contribution in [0.1, 0.15) is 68.7 Å². The van der Waals surface area contributed by atoms with E-state index in [4.69, 9.17) is 38.9 Å². The van der Waals surface area contributed by atoms with E-state index in [2.05, 4.69) is 34.6 Å². The van der Waals surface area contributed by atoms with E-state index in [-0.39, 0.29) is 47.3 Å². The van der Waals surface area contributed by atoms with Crippen molar-refractivity contribution in [3.05, 3.63) is 0 Å². The molecule has 2 aliphatic heterocycles. The number of rotatable bonds is 8. The molecule has 0 N–H and O–H groups in total. The van der Waals surface area contributed by atoms with Crippen molar-refractivity contribution in [1.29, 1.82) is 0 Å². The van der Waals surface area contributed by atoms with Crippen molar-refractivity contribution in [2.45, 2.75) is 92.9 Å². The highest BCUT2D eigenvalue weighted by atomic mass is 16.5. The zero-order valence-electron chi connectivity index (χ0n) is 22.5. The van der Waals surface area contributed by atoms with Crippen molar-refractivity contribution in [3.8, 4) is 0 Å². The van der Waals surface area contributed by atoms with Crippen LogP contribution >= 0.6 is 0 Å². The van der Waals surface area contributed by atoms with E-state index in [1.165, 1.54) is 0 Å². The van der Waals surface area contributed by atoms with Crippen molar-refractivity contribution in [2.24, 2.45) is 43.1 Å². The fourth-order valence-corrected chi connectivity index (χ4v) is 4.90. The molecule has 0 amide bonds. The first-order valence-corrected chi connectivity index (χ1v) is 13.0. The Labute approximate surface area is 205 Å². The summed E-state index contributed by atoms with van der Waals surface area (Å²) in [7, 11) is 0. The minimum absolute atomic E-state index is 0.118. The quantitative estimate of drug-likeness (QED) is 0.514. The van der Waals surface area contributed by atoms with Gasteiger partial charge in [0.25, 0.3) is 0 Å². The van der Waals surface area contributed by atoms with Gasteiger partial charge in [-0.3, -0.25) is 0 Å². The molecule has 0 unspecified atom stereocenters. The molecule has 1 fully saturated rings. The molecule has 0 spiro atoms. The molecule has 34 heavy (non-hydrogen) atoms. The Bertz CT molecular complexity index is 835. The SMILES string of the molecule is CCOC1=N[C@H](C(C)C)C(OCC)=N[C@H]1[C@H]1C[C@@]1(C)[C@@H]1N=C(OCC)[C@@H](C(C)C)N=C1OCC. The van der Waals surface area contributed by atoms with E-state index < -0.39 is 0 Å². The summed E-state index contributed by atoms with van der Waals surface area (Å²) in [4.78, 5) is 20.1. The Morgan fingerprint density at radius 3 is 1.62 bits per heavy atom. The zero-order chi connectivity index (χ0) is 25.0. The standard InChI is InChI=1S/C26H44N4O4/c1-10-31-22-18(15(5)6)27-24(33-12-3)20(29-22)17-14-26(17,9)21-25(34-13-4)28-19(16(7)8)23(30-21)32-11-2/h15-21H,10-14H2,1-9H3/t17-,18-,19-,20+,21-,26-/m1/s1. The van der Waals surface area contributed by atoms with Crippen LogP contribution in [0.4, 0.5) is 0 Å². The van der Waals surface area contributed by atoms with Gasteiger partial charge in [-0.05, 0) is 51.9 Å². The molecule has 0 bridgehead atoms. The lowest BCUT2D eigenvalue weighted by Gasteiger charge is -2.33. The highest BCUT2D eigenvalue weighted by Gasteiger charge is 2.63. The zero-order valence-corrected chi connectivity index (χ0v) is 22.5. The summed E-state index contributed by atoms with van der Waals surface area (Å²) >= 11 is 0. The topological polar surface area (TPSA) is 86.4 Å². The van der Waals surface area contributed by atoms with Gasteiger partial charge in [0.15, 0.2) is 0 Å². The largest absolute Gasteiger partial charge is 0.480 e. The van der Waals surface area contributed by atoms with Crippen LogP contribution in [-0.2, 0) is 18.9 Å². The highest BCUT2D eigenvalue weighted by Crippen LogP contribution is 2.59. The highest BCUT2D eigenvalue weighted by molar-refractivity contribution is 5.97. The smallest absolute Gasteiger partial charge is 0.210 e. The summed E-state index contributed by atoms with van der Waals surface area (Å²) in [5.74, 6) is 3.56. The molecule has 6 atom stereocenters. The first-order chi connectivity index (χ1) is 16.2. The summed E-state index contributed by atoms with van der Waals surface area (Å²) in [6, 6.07) is -0.654. The Kier molecular flexibility index (Phi) is 8.63. The van der Waals surface area contributed by atoms with E-state index in [0.717, 1.165) is 6.42 Å². The van der Waals surface area contributed by atoms with Crippen molar-refractivity contribution in [3.63, 3.8) is 0 Å². The van der Waals surface area contributed by atoms with Crippen LogP contribution in [0.2, 0.25) is 0 Å². The van der Waals surface area contributed by atoms with Crippen molar-refractivity contribution < 1.29 is 18.9 Å². The van der Waals surface area contributed by atoms with Crippen LogP contribution in [0.5, 0.6) is 0 Å². The first kappa shape index (κ1) is 26.5. The molecule has 8 heteroatoms. The van der Waals surface area contributed by atoms with Gasteiger partial charge in [-0.1, -0.05) is 34.6 Å². The van der Waals surface area contributed by atoms with E-state index in [1.807, 2.05) is 27.7 Å². The van der Waals surface area contributed by atoms with E-state index in [9.17, 15) is 0 Å². The first-order valence-electron chi connectivity index (χ1n) is 13.0. The summed E-state index contributed by atoms with van der Waals surface area (Å²) in [6.45, 7) is 21.0. The number of ether oxygens (including phenoxy) is 4. The summed E-state index contributed by atoms with van der Waals surface area (Å²) < 4.78 is 24.0. The predicted octanol–water partition coefficient (Wildman–Crippen LogP) is 4.57. The average Bonchev–Trinajstić information content (AvgIpc) is 3.47. The van der Waals surface area contributed by atoms with Gasteiger partial charge in [-0.15, -0.1) is 0 Å². The van der Waals surface area contributed by atoms with Gasteiger partial charge in [0.2, 0.25) is 23.6 Å². The molecule has 3 rings (SSSR count). The Morgan fingerprint density at radius 1 is 0.676 bits per heavy atom. The van der Waals surface area contributed by atoms with Gasteiger partial charge in [-0.2, -0.15) is 0 Å². The molecule has 192 valence electrons. The van der Waals surface area contributed by atoms with Gasteiger partial charge in [0, 0.05) is 5.41 Å². The normalized spacial score (nSPS) is 33.1. The van der Waals surface area contributed by atoms with Gasteiger partial charge in [-0.25, -0.2) is 20.0 Å². The van der Waals surface area contributed by atoms with Crippen LogP contribution in [0, 0.1) is 23.2 Å².